The van der Waals surface area contributed by atoms with Crippen LogP contribution in [0.15, 0.2) is 24.3 Å². The van der Waals surface area contributed by atoms with E-state index in [4.69, 9.17) is 4.74 Å². The maximum absolute atomic E-state index is 12.1. The predicted molar refractivity (Wildman–Crippen MR) is 76.4 cm³/mol. The van der Waals surface area contributed by atoms with Crippen molar-refractivity contribution in [2.24, 2.45) is 0 Å². The van der Waals surface area contributed by atoms with Gasteiger partial charge in [0.2, 0.25) is 5.91 Å². The maximum atomic E-state index is 12.1. The third-order valence-electron chi connectivity index (χ3n) is 3.60. The van der Waals surface area contributed by atoms with E-state index >= 15 is 0 Å². The summed E-state index contributed by atoms with van der Waals surface area (Å²) in [6.07, 6.45) is 1.42. The number of carbonyl (C=O) groups is 1. The van der Waals surface area contributed by atoms with E-state index in [-0.39, 0.29) is 17.9 Å². The van der Waals surface area contributed by atoms with Crippen molar-refractivity contribution in [1.82, 2.24) is 5.32 Å². The summed E-state index contributed by atoms with van der Waals surface area (Å²) in [7, 11) is 1.66. The fourth-order valence-electron chi connectivity index (χ4n) is 2.51. The average molecular weight is 262 g/mol. The van der Waals surface area contributed by atoms with Gasteiger partial charge in [-0.05, 0) is 18.1 Å². The van der Waals surface area contributed by atoms with E-state index in [1.807, 2.05) is 12.1 Å². The second-order valence-corrected chi connectivity index (χ2v) is 5.00. The third-order valence-corrected chi connectivity index (χ3v) is 3.60. The summed E-state index contributed by atoms with van der Waals surface area (Å²) >= 11 is 0. The number of fused-ring (bicyclic) bond motifs is 1. The standard InChI is InChI=1S/C15H22N2O2/c1-3-12(10-19-2)17-15(18)8-11-9-16-14-7-5-4-6-13(11)14/h4-7,11-12,16H,3,8-10H2,1-2H3,(H,17,18). The number of anilines is 1. The molecule has 104 valence electrons. The van der Waals surface area contributed by atoms with Crippen LogP contribution in [-0.4, -0.2) is 32.2 Å². The fourth-order valence-corrected chi connectivity index (χ4v) is 2.51. The lowest BCUT2D eigenvalue weighted by Crippen LogP contribution is -2.38. The van der Waals surface area contributed by atoms with Gasteiger partial charge in [0.25, 0.3) is 0 Å². The molecule has 0 spiro atoms. The summed E-state index contributed by atoms with van der Waals surface area (Å²) in [5.74, 6) is 0.378. The molecule has 0 saturated carbocycles. The van der Waals surface area contributed by atoms with Crippen LogP contribution >= 0.6 is 0 Å². The van der Waals surface area contributed by atoms with E-state index < -0.39 is 0 Å². The molecule has 19 heavy (non-hydrogen) atoms. The predicted octanol–water partition coefficient (Wildman–Crippen LogP) is 2.13. The van der Waals surface area contributed by atoms with Crippen LogP contribution in [0.4, 0.5) is 5.69 Å². The van der Waals surface area contributed by atoms with Gasteiger partial charge in [-0.2, -0.15) is 0 Å². The van der Waals surface area contributed by atoms with Crippen molar-refractivity contribution in [2.75, 3.05) is 25.6 Å². The number of ether oxygens (including phenoxy) is 1. The highest BCUT2D eigenvalue weighted by atomic mass is 16.5. The Morgan fingerprint density at radius 2 is 2.32 bits per heavy atom. The van der Waals surface area contributed by atoms with Gasteiger partial charge in [-0.25, -0.2) is 0 Å². The number of benzene rings is 1. The summed E-state index contributed by atoms with van der Waals surface area (Å²) < 4.78 is 5.09. The minimum Gasteiger partial charge on any atom is -0.384 e. The summed E-state index contributed by atoms with van der Waals surface area (Å²) in [4.78, 5) is 12.1. The van der Waals surface area contributed by atoms with Crippen molar-refractivity contribution in [3.8, 4) is 0 Å². The fraction of sp³-hybridized carbons (Fsp3) is 0.533. The number of amides is 1. The number of hydrogen-bond donors (Lipinski definition) is 2. The van der Waals surface area contributed by atoms with Crippen molar-refractivity contribution >= 4 is 11.6 Å². The van der Waals surface area contributed by atoms with E-state index in [1.54, 1.807) is 7.11 Å². The smallest absolute Gasteiger partial charge is 0.220 e. The van der Waals surface area contributed by atoms with Gasteiger partial charge in [0.15, 0.2) is 0 Å². The normalized spacial score (nSPS) is 18.5. The third kappa shape index (κ3) is 3.47. The lowest BCUT2D eigenvalue weighted by atomic mass is 9.97. The zero-order chi connectivity index (χ0) is 13.7. The van der Waals surface area contributed by atoms with Crippen molar-refractivity contribution in [2.45, 2.75) is 31.7 Å². The van der Waals surface area contributed by atoms with Gasteiger partial charge in [0, 0.05) is 31.7 Å². The minimum absolute atomic E-state index is 0.104. The van der Waals surface area contributed by atoms with Crippen LogP contribution in [0, 0.1) is 0 Å². The van der Waals surface area contributed by atoms with Crippen molar-refractivity contribution in [3.05, 3.63) is 29.8 Å². The molecule has 0 bridgehead atoms. The molecular formula is C15H22N2O2. The second kappa shape index (κ2) is 6.57. The Kier molecular flexibility index (Phi) is 4.80. The number of para-hydroxylation sites is 1. The van der Waals surface area contributed by atoms with E-state index in [2.05, 4.69) is 29.7 Å². The quantitative estimate of drug-likeness (QED) is 0.825. The molecule has 4 heteroatoms. The molecule has 2 rings (SSSR count). The molecule has 2 unspecified atom stereocenters. The van der Waals surface area contributed by atoms with Crippen LogP contribution in [0.1, 0.15) is 31.2 Å². The Morgan fingerprint density at radius 3 is 3.05 bits per heavy atom. The lowest BCUT2D eigenvalue weighted by molar-refractivity contribution is -0.122. The number of nitrogens with one attached hydrogen (secondary N) is 2. The molecule has 1 aliphatic heterocycles. The van der Waals surface area contributed by atoms with Gasteiger partial charge < -0.3 is 15.4 Å². The van der Waals surface area contributed by atoms with Gasteiger partial charge in [-0.3, -0.25) is 4.79 Å². The summed E-state index contributed by atoms with van der Waals surface area (Å²) in [6.45, 7) is 3.46. The van der Waals surface area contributed by atoms with Gasteiger partial charge in [0.05, 0.1) is 12.6 Å². The van der Waals surface area contributed by atoms with Gasteiger partial charge in [-0.1, -0.05) is 25.1 Å². The van der Waals surface area contributed by atoms with E-state index in [0.29, 0.717) is 13.0 Å². The summed E-state index contributed by atoms with van der Waals surface area (Å²) in [5.41, 5.74) is 2.40. The molecule has 2 N–H and O–H groups in total. The molecule has 0 aliphatic carbocycles. The molecule has 1 amide bonds. The largest absolute Gasteiger partial charge is 0.384 e. The highest BCUT2D eigenvalue weighted by molar-refractivity contribution is 5.78. The Bertz CT molecular complexity index is 434. The van der Waals surface area contributed by atoms with Crippen LogP contribution in [0.3, 0.4) is 0 Å². The number of carbonyl (C=O) groups excluding carboxylic acids is 1. The number of hydrogen-bond acceptors (Lipinski definition) is 3. The average Bonchev–Trinajstić information content (AvgIpc) is 2.82. The first-order valence-electron chi connectivity index (χ1n) is 6.85. The van der Waals surface area contributed by atoms with Crippen molar-refractivity contribution in [1.29, 1.82) is 0 Å². The van der Waals surface area contributed by atoms with Crippen LogP contribution in [0.5, 0.6) is 0 Å². The SMILES string of the molecule is CCC(COC)NC(=O)CC1CNc2ccccc21. The molecule has 1 heterocycles. The van der Waals surface area contributed by atoms with Crippen LogP contribution in [0.25, 0.3) is 0 Å². The highest BCUT2D eigenvalue weighted by Crippen LogP contribution is 2.32. The van der Waals surface area contributed by atoms with Crippen molar-refractivity contribution in [3.63, 3.8) is 0 Å². The molecule has 2 atom stereocenters. The molecule has 1 aromatic rings. The van der Waals surface area contributed by atoms with Crippen LogP contribution < -0.4 is 10.6 Å². The maximum Gasteiger partial charge on any atom is 0.220 e. The lowest BCUT2D eigenvalue weighted by Gasteiger charge is -2.17. The topological polar surface area (TPSA) is 50.4 Å². The molecular weight excluding hydrogens is 240 g/mol. The molecule has 1 aliphatic rings. The van der Waals surface area contributed by atoms with Gasteiger partial charge >= 0.3 is 0 Å². The highest BCUT2D eigenvalue weighted by Gasteiger charge is 2.24. The number of methoxy groups -OCH3 is 1. The Balaban J connectivity index is 1.90. The Morgan fingerprint density at radius 1 is 1.53 bits per heavy atom. The van der Waals surface area contributed by atoms with Crippen LogP contribution in [-0.2, 0) is 9.53 Å². The molecule has 0 fully saturated rings. The minimum atomic E-state index is 0.104. The first kappa shape index (κ1) is 13.9. The Labute approximate surface area is 114 Å². The number of rotatable bonds is 6. The first-order valence-corrected chi connectivity index (χ1v) is 6.85. The molecule has 0 aromatic heterocycles. The second-order valence-electron chi connectivity index (χ2n) is 5.00. The zero-order valence-corrected chi connectivity index (χ0v) is 11.6. The molecule has 0 radical (unpaired) electrons. The monoisotopic (exact) mass is 262 g/mol. The Hall–Kier alpha value is -1.55. The molecule has 0 saturated heterocycles. The first-order chi connectivity index (χ1) is 9.24. The van der Waals surface area contributed by atoms with Crippen LogP contribution in [0.2, 0.25) is 0 Å². The molecule has 1 aromatic carbocycles. The van der Waals surface area contributed by atoms with E-state index in [9.17, 15) is 4.79 Å². The summed E-state index contributed by atoms with van der Waals surface area (Å²) in [5, 5.41) is 6.38. The van der Waals surface area contributed by atoms with Crippen molar-refractivity contribution < 1.29 is 9.53 Å². The zero-order valence-electron chi connectivity index (χ0n) is 11.6. The van der Waals surface area contributed by atoms with Gasteiger partial charge in [-0.15, -0.1) is 0 Å². The molecule has 4 nitrogen and oxygen atoms in total. The van der Waals surface area contributed by atoms with E-state index in [1.165, 1.54) is 5.56 Å². The summed E-state index contributed by atoms with van der Waals surface area (Å²) in [6, 6.07) is 8.31. The van der Waals surface area contributed by atoms with Gasteiger partial charge in [0.1, 0.15) is 0 Å². The van der Waals surface area contributed by atoms with E-state index in [0.717, 1.165) is 18.7 Å².